The summed E-state index contributed by atoms with van der Waals surface area (Å²) in [4.78, 5) is 0. The van der Waals surface area contributed by atoms with Gasteiger partial charge >= 0.3 is 7.12 Å². The van der Waals surface area contributed by atoms with Crippen LogP contribution < -0.4 is 0 Å². The Hall–Kier alpha value is -1.44. The Morgan fingerprint density at radius 1 is 1.31 bits per heavy atom. The Bertz CT molecular complexity index is 809. The standard InChI is InChI=1S/C19H24BFN2O2S/c1-18(2)19(3,4)25-20(24-18)15(21)10-14-16(12-6-5-7-12)22-23-17(14)13-8-9-26-11-13/h8-12H,5-7H2,1-4H3,(H,22,23). The SMILES string of the molecule is CC1(C)OB(C(F)=Cc2c(-c3ccsc3)n[nH]c2C2CCC2)OC1(C)C. The molecule has 3 heterocycles. The first-order valence-electron chi connectivity index (χ1n) is 9.12. The Labute approximate surface area is 157 Å². The largest absolute Gasteiger partial charge is 0.525 e. The predicted molar refractivity (Wildman–Crippen MR) is 104 cm³/mol. The summed E-state index contributed by atoms with van der Waals surface area (Å²) in [5, 5.41) is 11.7. The van der Waals surface area contributed by atoms with Crippen molar-refractivity contribution in [2.45, 2.75) is 64.1 Å². The number of rotatable bonds is 4. The number of hydrogen-bond acceptors (Lipinski definition) is 4. The summed E-state index contributed by atoms with van der Waals surface area (Å²) in [6.45, 7) is 7.70. The molecule has 0 spiro atoms. The fraction of sp³-hybridized carbons (Fsp3) is 0.526. The van der Waals surface area contributed by atoms with Crippen LogP contribution in [0.4, 0.5) is 4.39 Å². The number of nitrogens with zero attached hydrogens (tertiary/aromatic N) is 1. The second-order valence-corrected chi connectivity index (χ2v) is 8.94. The van der Waals surface area contributed by atoms with E-state index in [-0.39, 0.29) is 0 Å². The normalized spacial score (nSPS) is 22.7. The zero-order valence-electron chi connectivity index (χ0n) is 15.6. The number of aromatic nitrogens is 2. The van der Waals surface area contributed by atoms with Gasteiger partial charge in [0.05, 0.1) is 11.2 Å². The van der Waals surface area contributed by atoms with Crippen molar-refractivity contribution in [2.75, 3.05) is 0 Å². The smallest absolute Gasteiger partial charge is 0.398 e. The molecule has 26 heavy (non-hydrogen) atoms. The molecule has 0 atom stereocenters. The number of aromatic amines is 1. The minimum atomic E-state index is -0.987. The lowest BCUT2D eigenvalue weighted by Gasteiger charge is -2.32. The fourth-order valence-electron chi connectivity index (χ4n) is 3.30. The van der Waals surface area contributed by atoms with Crippen molar-refractivity contribution in [3.05, 3.63) is 33.8 Å². The molecule has 2 fully saturated rings. The van der Waals surface area contributed by atoms with Crippen LogP contribution in [0.5, 0.6) is 0 Å². The van der Waals surface area contributed by atoms with Gasteiger partial charge < -0.3 is 9.31 Å². The molecule has 0 unspecified atom stereocenters. The predicted octanol–water partition coefficient (Wildman–Crippen LogP) is 5.35. The van der Waals surface area contributed by atoms with Crippen molar-refractivity contribution >= 4 is 24.5 Å². The molecule has 2 aromatic rings. The minimum Gasteiger partial charge on any atom is -0.398 e. The summed E-state index contributed by atoms with van der Waals surface area (Å²) < 4.78 is 26.8. The van der Waals surface area contributed by atoms with Crippen LogP contribution in [0.25, 0.3) is 17.3 Å². The highest BCUT2D eigenvalue weighted by Gasteiger charge is 2.53. The maximum absolute atomic E-state index is 15.1. The van der Waals surface area contributed by atoms with Crippen molar-refractivity contribution in [1.82, 2.24) is 10.2 Å². The molecule has 1 aliphatic carbocycles. The van der Waals surface area contributed by atoms with Crippen LogP contribution in [0, 0.1) is 0 Å². The topological polar surface area (TPSA) is 47.1 Å². The van der Waals surface area contributed by atoms with Gasteiger partial charge in [-0.15, -0.1) is 0 Å². The third kappa shape index (κ3) is 2.96. The molecular weight excluding hydrogens is 350 g/mol. The molecule has 0 radical (unpaired) electrons. The summed E-state index contributed by atoms with van der Waals surface area (Å²) >= 11 is 1.61. The van der Waals surface area contributed by atoms with E-state index in [1.165, 1.54) is 6.42 Å². The van der Waals surface area contributed by atoms with Crippen molar-refractivity contribution in [3.63, 3.8) is 0 Å². The van der Waals surface area contributed by atoms with Gasteiger partial charge in [-0.2, -0.15) is 16.4 Å². The monoisotopic (exact) mass is 374 g/mol. The van der Waals surface area contributed by atoms with E-state index in [0.29, 0.717) is 5.92 Å². The van der Waals surface area contributed by atoms with Gasteiger partial charge in [0.2, 0.25) is 0 Å². The molecule has 0 aromatic carbocycles. The maximum atomic E-state index is 15.1. The Morgan fingerprint density at radius 2 is 2.00 bits per heavy atom. The number of H-pyrrole nitrogens is 1. The van der Waals surface area contributed by atoms with Gasteiger partial charge in [-0.05, 0) is 58.1 Å². The second kappa shape index (κ2) is 6.32. The van der Waals surface area contributed by atoms with Crippen LogP contribution >= 0.6 is 11.3 Å². The van der Waals surface area contributed by atoms with Gasteiger partial charge in [-0.25, -0.2) is 4.39 Å². The van der Waals surface area contributed by atoms with E-state index in [0.717, 1.165) is 35.4 Å². The van der Waals surface area contributed by atoms with Crippen LogP contribution in [0.3, 0.4) is 0 Å². The van der Waals surface area contributed by atoms with E-state index in [9.17, 15) is 0 Å². The lowest BCUT2D eigenvalue weighted by atomic mass is 9.80. The van der Waals surface area contributed by atoms with Crippen LogP contribution in [-0.2, 0) is 9.31 Å². The summed E-state index contributed by atoms with van der Waals surface area (Å²) in [6, 6.07) is 2.01. The number of halogens is 1. The van der Waals surface area contributed by atoms with E-state index in [1.807, 2.05) is 44.5 Å². The second-order valence-electron chi connectivity index (χ2n) is 8.16. The number of thiophene rings is 1. The van der Waals surface area contributed by atoms with Gasteiger partial charge in [0.1, 0.15) is 11.4 Å². The third-order valence-electron chi connectivity index (χ3n) is 5.90. The van der Waals surface area contributed by atoms with E-state index in [4.69, 9.17) is 9.31 Å². The van der Waals surface area contributed by atoms with Crippen molar-refractivity contribution < 1.29 is 13.7 Å². The zero-order valence-corrected chi connectivity index (χ0v) is 16.5. The van der Waals surface area contributed by atoms with E-state index in [2.05, 4.69) is 10.2 Å². The highest BCUT2D eigenvalue weighted by molar-refractivity contribution is 7.08. The summed E-state index contributed by atoms with van der Waals surface area (Å²) in [6.07, 6.45) is 4.99. The molecular formula is C19H24BFN2O2S. The average molecular weight is 374 g/mol. The molecule has 1 aliphatic heterocycles. The minimum absolute atomic E-state index is 0.415. The molecule has 138 valence electrons. The van der Waals surface area contributed by atoms with E-state index >= 15 is 4.39 Å². The third-order valence-corrected chi connectivity index (χ3v) is 6.59. The van der Waals surface area contributed by atoms with Gasteiger partial charge in [0, 0.05) is 28.1 Å². The first-order chi connectivity index (χ1) is 12.3. The molecule has 7 heteroatoms. The Balaban J connectivity index is 1.70. The molecule has 1 saturated heterocycles. The molecule has 2 aromatic heterocycles. The van der Waals surface area contributed by atoms with Crippen molar-refractivity contribution in [2.24, 2.45) is 0 Å². The molecule has 4 rings (SSSR count). The van der Waals surface area contributed by atoms with Crippen LogP contribution in [-0.4, -0.2) is 28.5 Å². The zero-order chi connectivity index (χ0) is 18.5. The Kier molecular flexibility index (Phi) is 4.37. The molecule has 1 N–H and O–H groups in total. The molecule has 4 nitrogen and oxygen atoms in total. The van der Waals surface area contributed by atoms with Crippen LogP contribution in [0.2, 0.25) is 0 Å². The first-order valence-corrected chi connectivity index (χ1v) is 10.1. The lowest BCUT2D eigenvalue weighted by molar-refractivity contribution is 0.00578. The number of hydrogen-bond donors (Lipinski definition) is 1. The van der Waals surface area contributed by atoms with Gasteiger partial charge in [0.15, 0.2) is 0 Å². The maximum Gasteiger partial charge on any atom is 0.525 e. The van der Waals surface area contributed by atoms with Gasteiger partial charge in [-0.1, -0.05) is 6.42 Å². The Morgan fingerprint density at radius 3 is 2.54 bits per heavy atom. The van der Waals surface area contributed by atoms with Crippen molar-refractivity contribution in [3.8, 4) is 11.3 Å². The van der Waals surface area contributed by atoms with Crippen LogP contribution in [0.1, 0.15) is 64.1 Å². The highest BCUT2D eigenvalue weighted by Crippen LogP contribution is 2.42. The fourth-order valence-corrected chi connectivity index (χ4v) is 3.94. The van der Waals surface area contributed by atoms with Crippen molar-refractivity contribution in [1.29, 1.82) is 0 Å². The van der Waals surface area contributed by atoms with Gasteiger partial charge in [-0.3, -0.25) is 5.10 Å². The lowest BCUT2D eigenvalue weighted by Crippen LogP contribution is -2.41. The quantitative estimate of drug-likeness (QED) is 0.734. The summed E-state index contributed by atoms with van der Waals surface area (Å²) in [5.74, 6) is 0.423. The van der Waals surface area contributed by atoms with Gasteiger partial charge in [0.25, 0.3) is 0 Å². The average Bonchev–Trinajstić information content (AvgIpc) is 3.18. The van der Waals surface area contributed by atoms with E-state index in [1.54, 1.807) is 17.4 Å². The number of nitrogens with one attached hydrogen (secondary N) is 1. The van der Waals surface area contributed by atoms with E-state index < -0.39 is 24.0 Å². The first kappa shape index (κ1) is 18.0. The highest BCUT2D eigenvalue weighted by atomic mass is 32.1. The summed E-state index contributed by atoms with van der Waals surface area (Å²) in [7, 11) is -0.987. The summed E-state index contributed by atoms with van der Waals surface area (Å²) in [5.41, 5.74) is 2.09. The van der Waals surface area contributed by atoms with Crippen LogP contribution in [0.15, 0.2) is 22.6 Å². The molecule has 1 saturated carbocycles. The molecule has 0 bridgehead atoms. The molecule has 0 amide bonds. The molecule has 2 aliphatic rings.